The van der Waals surface area contributed by atoms with Crippen LogP contribution >= 0.6 is 0 Å². The number of rotatable bonds is 4. The molecule has 4 heteroatoms. The molecule has 1 saturated heterocycles. The highest BCUT2D eigenvalue weighted by Crippen LogP contribution is 2.22. The van der Waals surface area contributed by atoms with Crippen molar-refractivity contribution in [3.63, 3.8) is 0 Å². The van der Waals surface area contributed by atoms with Gasteiger partial charge in [0.2, 0.25) is 0 Å². The maximum Gasteiger partial charge on any atom is 0.335 e. The van der Waals surface area contributed by atoms with Gasteiger partial charge < -0.3 is 10.0 Å². The van der Waals surface area contributed by atoms with Crippen LogP contribution in [-0.4, -0.2) is 41.1 Å². The minimum atomic E-state index is -0.910. The summed E-state index contributed by atoms with van der Waals surface area (Å²) < 4.78 is 0. The third kappa shape index (κ3) is 3.34. The highest BCUT2D eigenvalue weighted by Gasteiger charge is 2.20. The fourth-order valence-corrected chi connectivity index (χ4v) is 3.05. The van der Waals surface area contributed by atoms with E-state index in [1.165, 1.54) is 6.42 Å². The summed E-state index contributed by atoms with van der Waals surface area (Å²) in [5, 5.41) is 9.10. The van der Waals surface area contributed by atoms with E-state index >= 15 is 0 Å². The van der Waals surface area contributed by atoms with Crippen LogP contribution < -0.4 is 0 Å². The molecule has 0 aliphatic carbocycles. The number of nitrogens with zero attached hydrogens (tertiary/aromatic N) is 2. The molecular weight excluding hydrogens is 276 g/mol. The van der Waals surface area contributed by atoms with Crippen molar-refractivity contribution in [3.05, 3.63) is 53.7 Å². The number of carboxylic acids is 1. The van der Waals surface area contributed by atoms with Gasteiger partial charge in [-0.05, 0) is 56.6 Å². The number of likely N-dealkylation sites (tertiary alicyclic amines) is 1. The van der Waals surface area contributed by atoms with E-state index < -0.39 is 5.97 Å². The van der Waals surface area contributed by atoms with E-state index in [0.29, 0.717) is 11.5 Å². The van der Waals surface area contributed by atoms with Crippen molar-refractivity contribution in [1.29, 1.82) is 0 Å². The van der Waals surface area contributed by atoms with E-state index in [9.17, 15) is 4.79 Å². The van der Waals surface area contributed by atoms with E-state index in [2.05, 4.69) is 18.0 Å². The zero-order chi connectivity index (χ0) is 15.5. The maximum atomic E-state index is 11.1. The molecule has 1 aliphatic heterocycles. The van der Waals surface area contributed by atoms with Crippen LogP contribution in [0.25, 0.3) is 11.3 Å². The molecule has 2 aromatic rings. The SMILES string of the molecule is CN1CC[C@H](Cc2cccc(-c3cccc(C(=O)O)c3)n2)C1. The Labute approximate surface area is 130 Å². The van der Waals surface area contributed by atoms with Crippen LogP contribution in [0.4, 0.5) is 0 Å². The molecule has 0 bridgehead atoms. The summed E-state index contributed by atoms with van der Waals surface area (Å²) in [5.74, 6) is -0.245. The van der Waals surface area contributed by atoms with Gasteiger partial charge in [0.1, 0.15) is 0 Å². The Balaban J connectivity index is 1.81. The van der Waals surface area contributed by atoms with Gasteiger partial charge in [-0.2, -0.15) is 0 Å². The summed E-state index contributed by atoms with van der Waals surface area (Å²) in [4.78, 5) is 18.2. The molecule has 1 N–H and O–H groups in total. The summed E-state index contributed by atoms with van der Waals surface area (Å²) in [6.07, 6.45) is 2.20. The van der Waals surface area contributed by atoms with Gasteiger partial charge in [-0.3, -0.25) is 4.98 Å². The van der Waals surface area contributed by atoms with Crippen LogP contribution in [0.15, 0.2) is 42.5 Å². The predicted molar refractivity (Wildman–Crippen MR) is 85.9 cm³/mol. The lowest BCUT2D eigenvalue weighted by Gasteiger charge is -2.11. The largest absolute Gasteiger partial charge is 0.478 e. The molecule has 2 heterocycles. The lowest BCUT2D eigenvalue weighted by atomic mass is 10.0. The van der Waals surface area contributed by atoms with Gasteiger partial charge in [-0.1, -0.05) is 18.2 Å². The van der Waals surface area contributed by atoms with Gasteiger partial charge in [0.15, 0.2) is 0 Å². The number of hydrogen-bond acceptors (Lipinski definition) is 3. The molecule has 3 rings (SSSR count). The summed E-state index contributed by atoms with van der Waals surface area (Å²) in [6.45, 7) is 2.28. The monoisotopic (exact) mass is 296 g/mol. The summed E-state index contributed by atoms with van der Waals surface area (Å²) in [6, 6.07) is 12.9. The second kappa shape index (κ2) is 6.28. The third-order valence-electron chi connectivity index (χ3n) is 4.20. The molecule has 114 valence electrons. The average molecular weight is 296 g/mol. The van der Waals surface area contributed by atoms with Crippen LogP contribution in [0.3, 0.4) is 0 Å². The Morgan fingerprint density at radius 1 is 1.32 bits per heavy atom. The molecule has 1 atom stereocenters. The van der Waals surface area contributed by atoms with Crippen molar-refractivity contribution >= 4 is 5.97 Å². The normalized spacial score (nSPS) is 18.5. The van der Waals surface area contributed by atoms with Crippen LogP contribution in [0, 0.1) is 5.92 Å². The standard InChI is InChI=1S/C18H20N2O2/c1-20-9-8-13(12-20)10-16-6-3-7-17(19-16)14-4-2-5-15(11-14)18(21)22/h2-7,11,13H,8-10,12H2,1H3,(H,21,22)/t13-/m1/s1. The zero-order valence-corrected chi connectivity index (χ0v) is 12.7. The molecule has 0 amide bonds. The van der Waals surface area contributed by atoms with E-state index in [4.69, 9.17) is 10.1 Å². The van der Waals surface area contributed by atoms with Gasteiger partial charge in [-0.25, -0.2) is 4.79 Å². The number of benzene rings is 1. The van der Waals surface area contributed by atoms with Crippen LogP contribution in [0.1, 0.15) is 22.5 Å². The average Bonchev–Trinajstić information content (AvgIpc) is 2.93. The van der Waals surface area contributed by atoms with Crippen molar-refractivity contribution < 1.29 is 9.90 Å². The first kappa shape index (κ1) is 14.7. The van der Waals surface area contributed by atoms with Crippen LogP contribution in [-0.2, 0) is 6.42 Å². The zero-order valence-electron chi connectivity index (χ0n) is 12.7. The first-order chi connectivity index (χ1) is 10.6. The smallest absolute Gasteiger partial charge is 0.335 e. The van der Waals surface area contributed by atoms with Crippen LogP contribution in [0.2, 0.25) is 0 Å². The van der Waals surface area contributed by atoms with Crippen molar-refractivity contribution in [2.24, 2.45) is 5.92 Å². The molecule has 0 saturated carbocycles. The first-order valence-electron chi connectivity index (χ1n) is 7.60. The number of carboxylic acid groups (broad SMARTS) is 1. The van der Waals surface area contributed by atoms with Gasteiger partial charge >= 0.3 is 5.97 Å². The van der Waals surface area contributed by atoms with Gasteiger partial charge in [0.25, 0.3) is 0 Å². The Bertz CT molecular complexity index is 684. The number of aromatic nitrogens is 1. The fourth-order valence-electron chi connectivity index (χ4n) is 3.05. The molecule has 22 heavy (non-hydrogen) atoms. The lowest BCUT2D eigenvalue weighted by Crippen LogP contribution is -2.15. The van der Waals surface area contributed by atoms with Gasteiger partial charge in [-0.15, -0.1) is 0 Å². The minimum absolute atomic E-state index is 0.294. The highest BCUT2D eigenvalue weighted by molar-refractivity contribution is 5.89. The molecule has 1 aromatic heterocycles. The van der Waals surface area contributed by atoms with Crippen LogP contribution in [0.5, 0.6) is 0 Å². The molecule has 0 unspecified atom stereocenters. The Hall–Kier alpha value is -2.20. The van der Waals surface area contributed by atoms with E-state index in [-0.39, 0.29) is 0 Å². The maximum absolute atomic E-state index is 11.1. The fraction of sp³-hybridized carbons (Fsp3) is 0.333. The Morgan fingerprint density at radius 2 is 2.14 bits per heavy atom. The molecule has 4 nitrogen and oxygen atoms in total. The number of carbonyl (C=O) groups is 1. The van der Waals surface area contributed by atoms with E-state index in [1.807, 2.05) is 18.2 Å². The molecule has 1 fully saturated rings. The van der Waals surface area contributed by atoms with Gasteiger partial charge in [0, 0.05) is 17.8 Å². The third-order valence-corrected chi connectivity index (χ3v) is 4.20. The first-order valence-corrected chi connectivity index (χ1v) is 7.60. The van der Waals surface area contributed by atoms with E-state index in [1.54, 1.807) is 18.2 Å². The molecule has 0 radical (unpaired) electrons. The van der Waals surface area contributed by atoms with Crippen molar-refractivity contribution in [2.75, 3.05) is 20.1 Å². The summed E-state index contributed by atoms with van der Waals surface area (Å²) in [7, 11) is 2.15. The number of hydrogen-bond donors (Lipinski definition) is 1. The highest BCUT2D eigenvalue weighted by atomic mass is 16.4. The van der Waals surface area contributed by atoms with Crippen molar-refractivity contribution in [1.82, 2.24) is 9.88 Å². The van der Waals surface area contributed by atoms with Gasteiger partial charge in [0.05, 0.1) is 11.3 Å². The van der Waals surface area contributed by atoms with Crippen molar-refractivity contribution in [3.8, 4) is 11.3 Å². The Morgan fingerprint density at radius 3 is 2.86 bits per heavy atom. The molecular formula is C18H20N2O2. The molecule has 1 aromatic carbocycles. The summed E-state index contributed by atoms with van der Waals surface area (Å²) in [5.41, 5.74) is 3.07. The molecule has 0 spiro atoms. The predicted octanol–water partition coefficient (Wildman–Crippen LogP) is 2.94. The quantitative estimate of drug-likeness (QED) is 0.942. The summed E-state index contributed by atoms with van der Waals surface area (Å²) >= 11 is 0. The van der Waals surface area contributed by atoms with E-state index in [0.717, 1.165) is 36.5 Å². The minimum Gasteiger partial charge on any atom is -0.478 e. The topological polar surface area (TPSA) is 53.4 Å². The Kier molecular flexibility index (Phi) is 4.20. The number of pyridine rings is 1. The second-order valence-corrected chi connectivity index (χ2v) is 6.02. The molecule has 1 aliphatic rings. The lowest BCUT2D eigenvalue weighted by molar-refractivity contribution is 0.0697. The second-order valence-electron chi connectivity index (χ2n) is 6.02. The van der Waals surface area contributed by atoms with Crippen molar-refractivity contribution in [2.45, 2.75) is 12.8 Å². The number of aromatic carboxylic acids is 1.